The maximum atomic E-state index is 16.0. The van der Waals surface area contributed by atoms with Crippen molar-refractivity contribution in [3.05, 3.63) is 58.1 Å². The fourth-order valence-electron chi connectivity index (χ4n) is 16.6. The number of hydrogen-bond donors (Lipinski definition) is 3. The number of allylic oxidation sites excluding steroid dienone is 3. The minimum Gasteiger partial charge on any atom is -0.343 e. The summed E-state index contributed by atoms with van der Waals surface area (Å²) in [6.07, 6.45) is 14.2. The summed E-state index contributed by atoms with van der Waals surface area (Å²) in [5, 5.41) is 8.26. The van der Waals surface area contributed by atoms with Gasteiger partial charge < -0.3 is 60.0 Å². The number of carbonyl (C=O) groups is 12. The molecule has 602 valence electrons. The molecule has 0 aromatic heterocycles. The van der Waals surface area contributed by atoms with Crippen molar-refractivity contribution in [1.29, 1.82) is 0 Å². The summed E-state index contributed by atoms with van der Waals surface area (Å²) in [4.78, 5) is 193. The van der Waals surface area contributed by atoms with Crippen LogP contribution in [0.3, 0.4) is 0 Å². The van der Waals surface area contributed by atoms with Gasteiger partial charge in [-0.1, -0.05) is 140 Å². The Morgan fingerprint density at radius 2 is 1.25 bits per heavy atom. The summed E-state index contributed by atoms with van der Waals surface area (Å²) in [7, 11) is 10.1. The van der Waals surface area contributed by atoms with Crippen LogP contribution in [-0.4, -0.2) is 252 Å². The number of nitrogens with zero attached hydrogens (tertiary/aromatic N) is 9. The van der Waals surface area contributed by atoms with Crippen molar-refractivity contribution in [3.8, 4) is 0 Å². The summed E-state index contributed by atoms with van der Waals surface area (Å²) in [6.45, 7) is 7.65. The van der Waals surface area contributed by atoms with Gasteiger partial charge in [0.25, 0.3) is 0 Å². The zero-order valence-corrected chi connectivity index (χ0v) is 66.8. The molecule has 12 amide bonds. The minimum atomic E-state index is -4.78. The summed E-state index contributed by atoms with van der Waals surface area (Å²) < 4.78 is 42.2. The van der Waals surface area contributed by atoms with E-state index in [9.17, 15) is 37.1 Å². The Morgan fingerprint density at radius 3 is 1.87 bits per heavy atom. The van der Waals surface area contributed by atoms with Crippen LogP contribution in [0.15, 0.2) is 42.0 Å². The van der Waals surface area contributed by atoms with Crippen LogP contribution < -0.4 is 16.0 Å². The fourth-order valence-corrected chi connectivity index (χ4v) is 16.9. The van der Waals surface area contributed by atoms with Gasteiger partial charge in [0, 0.05) is 69.0 Å². The van der Waals surface area contributed by atoms with Gasteiger partial charge in [-0.15, -0.1) is 0 Å². The quantitative estimate of drug-likeness (QED) is 0.157. The number of alkyl halides is 3. The van der Waals surface area contributed by atoms with Crippen LogP contribution in [0, 0.1) is 29.6 Å². The van der Waals surface area contributed by atoms with Gasteiger partial charge in [-0.25, -0.2) is 0 Å². The van der Waals surface area contributed by atoms with E-state index >= 15 is 33.6 Å². The number of halogens is 4. The van der Waals surface area contributed by atoms with Crippen LogP contribution in [0.1, 0.15) is 206 Å². The number of benzene rings is 1. The lowest BCUT2D eigenvalue weighted by Gasteiger charge is -2.43. The standard InChI is InChI=1S/C80H122ClF3N12O12/c1-13-54(5)70-76(106)90(8)50-68(100)88(6)51-69(101)92(10)63(45-55-29-19-15-20-30-55)74(104)89(7)48-65(97)85-61(37-35-56-34-36-59(60(81)44-56)80(82,83)84)73(103)96(47-57-31-21-14-18-28-53(4)43-57)49-66(98)87-79(38-24-25-39-79)78(108)94(12)71(58-32-22-16-23-33-58)77(107)93(11)64(75(105)95-40-26-17-27-41-95)46-67(99)91(9)62(42-52(2)3)72(102)86-70/h14,18,34,36,43-44,52,54-55,57-58,61-64,70-71H,13,15-17,19-33,35,37-42,45-51H2,1-12H3,(H,85,97)(H,86,102)(H,87,98)/t54-,57?,61-,62-,63-,64-,70-,71-/m0/s1. The third-order valence-electron chi connectivity index (χ3n) is 23.5. The average Bonchev–Trinajstić information content (AvgIpc) is 1.38. The maximum Gasteiger partial charge on any atom is 0.417 e. The number of rotatable bonds is 13. The van der Waals surface area contributed by atoms with Crippen molar-refractivity contribution in [1.82, 2.24) is 60.0 Å². The number of hydrogen-bond acceptors (Lipinski definition) is 12. The van der Waals surface area contributed by atoms with E-state index in [2.05, 4.69) is 16.0 Å². The van der Waals surface area contributed by atoms with Crippen LogP contribution in [0.5, 0.6) is 0 Å². The highest BCUT2D eigenvalue weighted by atomic mass is 35.5. The first kappa shape index (κ1) is 87.6. The Balaban J connectivity index is 1.34. The van der Waals surface area contributed by atoms with Gasteiger partial charge in [0.2, 0.25) is 70.9 Å². The van der Waals surface area contributed by atoms with E-state index in [4.69, 9.17) is 11.6 Å². The third kappa shape index (κ3) is 23.7. The number of aryl methyl sites for hydroxylation is 1. The SMILES string of the molecule is CC[C@H](C)[C@@H]1NC(=O)[C@H](CC(C)C)N(C)C(=O)C[C@@H](C(=O)N2CCCCC2)N(C)C(=O)[C@H](C2CCCCC2)N(C)C(=O)C2(CCCC2)NC(=O)CN(CC2C=C(C)CC=CCC2)C(=O)[C@H](CCc2ccc(C(F)(F)F)c(Cl)c2)NC(=O)CN(C)C(=O)[C@H](CC2CCCCC2)N(C)C(=O)CN(C)C(=O)CN(C)C1=O. The monoisotopic (exact) mass is 1530 g/mol. The van der Waals surface area contributed by atoms with E-state index in [1.807, 2.05) is 45.9 Å². The zero-order valence-electron chi connectivity index (χ0n) is 66.1. The molecule has 1 spiro atoms. The predicted molar refractivity (Wildman–Crippen MR) is 406 cm³/mol. The topological polar surface area (TPSA) is 270 Å². The molecule has 3 saturated carbocycles. The number of amides is 12. The van der Waals surface area contributed by atoms with E-state index in [0.717, 1.165) is 90.2 Å². The van der Waals surface area contributed by atoms with Crippen molar-refractivity contribution in [2.75, 3.05) is 95.1 Å². The summed E-state index contributed by atoms with van der Waals surface area (Å²) >= 11 is 6.25. The zero-order chi connectivity index (χ0) is 79.5. The normalized spacial score (nSPS) is 26.2. The molecule has 0 radical (unpaired) electrons. The number of likely N-dealkylation sites (tertiary alicyclic amines) is 1. The van der Waals surface area contributed by atoms with Gasteiger partial charge in [-0.3, -0.25) is 57.5 Å². The molecule has 1 aromatic rings. The second-order valence-corrected chi connectivity index (χ2v) is 32.7. The van der Waals surface area contributed by atoms with Gasteiger partial charge in [0.05, 0.1) is 43.2 Å². The van der Waals surface area contributed by atoms with Crippen molar-refractivity contribution in [2.24, 2.45) is 29.6 Å². The Kier molecular flexibility index (Phi) is 32.8. The number of piperidine rings is 1. The Labute approximate surface area is 642 Å². The molecule has 2 saturated heterocycles. The first-order valence-electron chi connectivity index (χ1n) is 39.5. The average molecular weight is 1540 g/mol. The summed E-state index contributed by atoms with van der Waals surface area (Å²) in [6, 6.07) is -4.44. The number of carbonyl (C=O) groups excluding carboxylic acids is 12. The molecule has 108 heavy (non-hydrogen) atoms. The van der Waals surface area contributed by atoms with E-state index in [0.29, 0.717) is 82.9 Å². The van der Waals surface area contributed by atoms with Crippen molar-refractivity contribution < 1.29 is 70.7 Å². The molecule has 8 atom stereocenters. The van der Waals surface area contributed by atoms with Crippen molar-refractivity contribution >= 4 is 82.5 Å². The largest absolute Gasteiger partial charge is 0.417 e. The van der Waals surface area contributed by atoms with Gasteiger partial charge in [0.15, 0.2) is 0 Å². The summed E-state index contributed by atoms with van der Waals surface area (Å²) in [5.41, 5.74) is -1.40. The molecule has 3 N–H and O–H groups in total. The van der Waals surface area contributed by atoms with Crippen LogP contribution in [0.25, 0.3) is 0 Å². The van der Waals surface area contributed by atoms with E-state index in [1.165, 1.54) is 79.9 Å². The molecule has 1 unspecified atom stereocenters. The van der Waals surface area contributed by atoms with E-state index in [1.54, 1.807) is 11.8 Å². The highest BCUT2D eigenvalue weighted by Crippen LogP contribution is 2.38. The minimum absolute atomic E-state index is 0.00603. The first-order valence-corrected chi connectivity index (χ1v) is 39.9. The van der Waals surface area contributed by atoms with Gasteiger partial charge in [-0.2, -0.15) is 13.2 Å². The molecular weight excluding hydrogens is 1410 g/mol. The molecule has 2 heterocycles. The van der Waals surface area contributed by atoms with Crippen LogP contribution in [-0.2, 0) is 70.1 Å². The van der Waals surface area contributed by atoms with Crippen LogP contribution >= 0.6 is 11.6 Å². The predicted octanol–water partition coefficient (Wildman–Crippen LogP) is 8.56. The highest BCUT2D eigenvalue weighted by molar-refractivity contribution is 6.31. The smallest absolute Gasteiger partial charge is 0.343 e. The lowest BCUT2D eigenvalue weighted by molar-refractivity contribution is -0.157. The Morgan fingerprint density at radius 1 is 0.639 bits per heavy atom. The Bertz CT molecular complexity index is 3400. The lowest BCUT2D eigenvalue weighted by Crippen LogP contribution is -2.64. The fraction of sp³-hybridized carbons (Fsp3) is 0.725. The molecule has 4 aliphatic carbocycles. The second-order valence-electron chi connectivity index (χ2n) is 32.3. The molecule has 24 nitrogen and oxygen atoms in total. The van der Waals surface area contributed by atoms with Crippen LogP contribution in [0.2, 0.25) is 5.02 Å². The molecule has 5 fully saturated rings. The second kappa shape index (κ2) is 40.4. The maximum absolute atomic E-state index is 16.0. The molecule has 28 heteroatoms. The number of likely N-dealkylation sites (N-methyl/N-ethyl adjacent to an activating group) is 7. The lowest BCUT2D eigenvalue weighted by atomic mass is 9.81. The van der Waals surface area contributed by atoms with Crippen molar-refractivity contribution in [2.45, 2.75) is 250 Å². The first-order chi connectivity index (χ1) is 51.0. The molecular formula is C80H122ClF3N12O12. The van der Waals surface area contributed by atoms with E-state index < -0.39 is 174 Å². The van der Waals surface area contributed by atoms with Gasteiger partial charge in [-0.05, 0) is 144 Å². The number of nitrogens with one attached hydrogen (secondary N) is 3. The molecule has 0 bridgehead atoms. The molecule has 2 aliphatic heterocycles. The van der Waals surface area contributed by atoms with Gasteiger partial charge in [0.1, 0.15) is 41.8 Å². The van der Waals surface area contributed by atoms with Crippen LogP contribution in [0.4, 0.5) is 13.2 Å². The summed E-state index contributed by atoms with van der Waals surface area (Å²) in [5.74, 6) is -9.23. The molecule has 1 aromatic carbocycles. The molecule has 7 rings (SSSR count). The highest BCUT2D eigenvalue weighted by Gasteiger charge is 2.50. The van der Waals surface area contributed by atoms with Gasteiger partial charge >= 0.3 is 6.18 Å². The molecule has 6 aliphatic rings. The third-order valence-corrected chi connectivity index (χ3v) is 23.8. The van der Waals surface area contributed by atoms with Crippen molar-refractivity contribution in [3.63, 3.8) is 0 Å². The van der Waals surface area contributed by atoms with E-state index in [-0.39, 0.29) is 62.8 Å². The Hall–Kier alpha value is -7.58.